The Bertz CT molecular complexity index is 152. The highest BCUT2D eigenvalue weighted by Gasteiger charge is 2.27. The van der Waals surface area contributed by atoms with Crippen LogP contribution in [-0.2, 0) is 0 Å². The zero-order valence-electron chi connectivity index (χ0n) is 10.1. The Morgan fingerprint density at radius 2 is 1.64 bits per heavy atom. The Morgan fingerprint density at radius 3 is 2.00 bits per heavy atom. The molecule has 2 nitrogen and oxygen atoms in total. The van der Waals surface area contributed by atoms with Crippen molar-refractivity contribution in [1.82, 2.24) is 5.32 Å². The summed E-state index contributed by atoms with van der Waals surface area (Å²) in [7, 11) is 0. The van der Waals surface area contributed by atoms with Crippen LogP contribution in [-0.4, -0.2) is 18.6 Å². The summed E-state index contributed by atoms with van der Waals surface area (Å²) in [4.78, 5) is 0. The molecule has 1 saturated carbocycles. The van der Waals surface area contributed by atoms with Gasteiger partial charge in [0.15, 0.2) is 0 Å². The van der Waals surface area contributed by atoms with Crippen molar-refractivity contribution in [2.45, 2.75) is 52.6 Å². The molecule has 1 fully saturated rings. The highest BCUT2D eigenvalue weighted by molar-refractivity contribution is 4.88. The van der Waals surface area contributed by atoms with Gasteiger partial charge in [-0.2, -0.15) is 0 Å². The average molecular weight is 198 g/mol. The Kier molecular flexibility index (Phi) is 4.39. The van der Waals surface area contributed by atoms with Crippen molar-refractivity contribution in [2.24, 2.45) is 23.5 Å². The zero-order valence-corrected chi connectivity index (χ0v) is 10.1. The van der Waals surface area contributed by atoms with E-state index in [1.165, 1.54) is 12.8 Å². The Balaban J connectivity index is 2.20. The van der Waals surface area contributed by atoms with Gasteiger partial charge in [-0.3, -0.25) is 0 Å². The van der Waals surface area contributed by atoms with Crippen LogP contribution in [0.4, 0.5) is 0 Å². The first kappa shape index (κ1) is 12.0. The lowest BCUT2D eigenvalue weighted by molar-refractivity contribution is 0.226. The van der Waals surface area contributed by atoms with Crippen LogP contribution in [0.5, 0.6) is 0 Å². The molecule has 0 atom stereocenters. The van der Waals surface area contributed by atoms with Gasteiger partial charge < -0.3 is 11.1 Å². The lowest BCUT2D eigenvalue weighted by Crippen LogP contribution is -2.50. The summed E-state index contributed by atoms with van der Waals surface area (Å²) in [6.45, 7) is 10.4. The van der Waals surface area contributed by atoms with Crippen LogP contribution < -0.4 is 11.1 Å². The Morgan fingerprint density at radius 1 is 1.14 bits per heavy atom. The first-order chi connectivity index (χ1) is 6.50. The molecule has 0 spiro atoms. The summed E-state index contributed by atoms with van der Waals surface area (Å²) in [5, 5.41) is 3.63. The van der Waals surface area contributed by atoms with Crippen LogP contribution in [0.25, 0.3) is 0 Å². The smallest absolute Gasteiger partial charge is 0.00966 e. The highest BCUT2D eigenvalue weighted by atomic mass is 15.0. The van der Waals surface area contributed by atoms with E-state index in [1.807, 2.05) is 0 Å². The van der Waals surface area contributed by atoms with E-state index in [2.05, 4.69) is 33.0 Å². The number of hydrogen-bond acceptors (Lipinski definition) is 2. The van der Waals surface area contributed by atoms with E-state index in [4.69, 9.17) is 5.73 Å². The third-order valence-electron chi connectivity index (χ3n) is 3.53. The molecule has 0 bridgehead atoms. The molecule has 0 heterocycles. The Labute approximate surface area is 88.6 Å². The molecule has 84 valence electrons. The second kappa shape index (κ2) is 5.13. The molecular formula is C12H26N2. The molecule has 0 unspecified atom stereocenters. The normalized spacial score (nSPS) is 27.4. The molecule has 14 heavy (non-hydrogen) atoms. The monoisotopic (exact) mass is 198 g/mol. The second-order valence-electron chi connectivity index (χ2n) is 5.49. The largest absolute Gasteiger partial charge is 0.328 e. The molecule has 0 amide bonds. The maximum Gasteiger partial charge on any atom is 0.00966 e. The average Bonchev–Trinajstić information content (AvgIpc) is 1.99. The van der Waals surface area contributed by atoms with Crippen LogP contribution in [0.1, 0.15) is 40.5 Å². The predicted molar refractivity (Wildman–Crippen MR) is 62.2 cm³/mol. The maximum absolute atomic E-state index is 5.75. The molecule has 1 aliphatic rings. The van der Waals surface area contributed by atoms with Crippen LogP contribution in [0, 0.1) is 17.8 Å². The van der Waals surface area contributed by atoms with Gasteiger partial charge in [-0.05, 0) is 37.1 Å². The summed E-state index contributed by atoms with van der Waals surface area (Å²) in [6, 6.07) is 1.16. The maximum atomic E-state index is 5.75. The molecule has 0 aromatic rings. The van der Waals surface area contributed by atoms with Crippen molar-refractivity contribution >= 4 is 0 Å². The first-order valence-electron chi connectivity index (χ1n) is 5.99. The standard InChI is InChI=1S/C12H26N2/c1-8(2)12(9(3)4)7-14-11-5-10(13)6-11/h8-12,14H,5-7,13H2,1-4H3. The van der Waals surface area contributed by atoms with Gasteiger partial charge in [0.1, 0.15) is 0 Å². The van der Waals surface area contributed by atoms with Gasteiger partial charge in [0, 0.05) is 12.1 Å². The van der Waals surface area contributed by atoms with Gasteiger partial charge in [-0.25, -0.2) is 0 Å². The van der Waals surface area contributed by atoms with Crippen molar-refractivity contribution in [1.29, 1.82) is 0 Å². The third kappa shape index (κ3) is 3.25. The minimum absolute atomic E-state index is 0.462. The lowest BCUT2D eigenvalue weighted by atomic mass is 9.83. The fourth-order valence-corrected chi connectivity index (χ4v) is 2.37. The van der Waals surface area contributed by atoms with Crippen molar-refractivity contribution in [3.8, 4) is 0 Å². The van der Waals surface area contributed by atoms with E-state index in [-0.39, 0.29) is 0 Å². The molecule has 0 radical (unpaired) electrons. The van der Waals surface area contributed by atoms with E-state index < -0.39 is 0 Å². The number of nitrogens with one attached hydrogen (secondary N) is 1. The second-order valence-corrected chi connectivity index (χ2v) is 5.49. The first-order valence-corrected chi connectivity index (χ1v) is 5.99. The summed E-state index contributed by atoms with van der Waals surface area (Å²) in [5.41, 5.74) is 5.75. The van der Waals surface area contributed by atoms with Gasteiger partial charge >= 0.3 is 0 Å². The lowest BCUT2D eigenvalue weighted by Gasteiger charge is -2.36. The molecule has 2 heteroatoms. The molecule has 1 rings (SSSR count). The third-order valence-corrected chi connectivity index (χ3v) is 3.53. The van der Waals surface area contributed by atoms with E-state index in [0.29, 0.717) is 12.1 Å². The van der Waals surface area contributed by atoms with E-state index >= 15 is 0 Å². The number of hydrogen-bond donors (Lipinski definition) is 2. The number of rotatable bonds is 5. The van der Waals surface area contributed by atoms with Gasteiger partial charge in [-0.15, -0.1) is 0 Å². The molecule has 0 aromatic heterocycles. The van der Waals surface area contributed by atoms with Gasteiger partial charge in [0.2, 0.25) is 0 Å². The highest BCUT2D eigenvalue weighted by Crippen LogP contribution is 2.22. The van der Waals surface area contributed by atoms with Crippen molar-refractivity contribution in [2.75, 3.05) is 6.54 Å². The quantitative estimate of drug-likeness (QED) is 0.709. The van der Waals surface area contributed by atoms with Crippen LogP contribution in [0.15, 0.2) is 0 Å². The Hall–Kier alpha value is -0.0800. The fourth-order valence-electron chi connectivity index (χ4n) is 2.37. The van der Waals surface area contributed by atoms with Gasteiger partial charge in [-0.1, -0.05) is 27.7 Å². The SMILES string of the molecule is CC(C)C(CNC1CC(N)C1)C(C)C. The summed E-state index contributed by atoms with van der Waals surface area (Å²) in [6.07, 6.45) is 2.34. The van der Waals surface area contributed by atoms with E-state index in [1.54, 1.807) is 0 Å². The summed E-state index contributed by atoms with van der Waals surface area (Å²) in [5.74, 6) is 2.35. The summed E-state index contributed by atoms with van der Waals surface area (Å²) >= 11 is 0. The van der Waals surface area contributed by atoms with Crippen molar-refractivity contribution in [3.63, 3.8) is 0 Å². The molecule has 0 saturated heterocycles. The summed E-state index contributed by atoms with van der Waals surface area (Å²) < 4.78 is 0. The molecule has 0 aliphatic heterocycles. The zero-order chi connectivity index (χ0) is 10.7. The van der Waals surface area contributed by atoms with Crippen LogP contribution in [0.2, 0.25) is 0 Å². The van der Waals surface area contributed by atoms with Gasteiger partial charge in [0.05, 0.1) is 0 Å². The predicted octanol–water partition coefficient (Wildman–Crippen LogP) is 1.99. The van der Waals surface area contributed by atoms with Crippen LogP contribution in [0.3, 0.4) is 0 Å². The molecular weight excluding hydrogens is 172 g/mol. The molecule has 1 aliphatic carbocycles. The molecule has 0 aromatic carbocycles. The molecule has 3 N–H and O–H groups in total. The number of nitrogens with two attached hydrogens (primary N) is 1. The van der Waals surface area contributed by atoms with E-state index in [9.17, 15) is 0 Å². The van der Waals surface area contributed by atoms with Gasteiger partial charge in [0.25, 0.3) is 0 Å². The van der Waals surface area contributed by atoms with E-state index in [0.717, 1.165) is 24.3 Å². The fraction of sp³-hybridized carbons (Fsp3) is 1.00. The van der Waals surface area contributed by atoms with Crippen molar-refractivity contribution < 1.29 is 0 Å². The minimum Gasteiger partial charge on any atom is -0.328 e. The van der Waals surface area contributed by atoms with Crippen LogP contribution >= 0.6 is 0 Å². The van der Waals surface area contributed by atoms with Crippen molar-refractivity contribution in [3.05, 3.63) is 0 Å². The topological polar surface area (TPSA) is 38.0 Å². The minimum atomic E-state index is 0.462.